The van der Waals surface area contributed by atoms with Crippen molar-refractivity contribution in [1.29, 1.82) is 0 Å². The lowest BCUT2D eigenvalue weighted by Gasteiger charge is -2.08. The van der Waals surface area contributed by atoms with Crippen LogP contribution in [0.1, 0.15) is 5.69 Å². The highest BCUT2D eigenvalue weighted by atomic mass is 35.5. The number of hydrogen-bond acceptors (Lipinski definition) is 2. The van der Waals surface area contributed by atoms with Crippen LogP contribution in [0.25, 0.3) is 0 Å². The smallest absolute Gasteiger partial charge is 0.336 e. The molecule has 2 rings (SSSR count). The van der Waals surface area contributed by atoms with Gasteiger partial charge in [-0.2, -0.15) is 18.3 Å². The molecule has 0 bridgehead atoms. The third-order valence-electron chi connectivity index (χ3n) is 2.74. The molecule has 2 amide bonds. The molecular formula is C13H11Cl2F3N4O. The number of urea groups is 1. The number of carbonyl (C=O) groups excluding carboxylic acids is 1. The van der Waals surface area contributed by atoms with E-state index in [0.29, 0.717) is 15.7 Å². The summed E-state index contributed by atoms with van der Waals surface area (Å²) in [7, 11) is 0. The fourth-order valence-corrected chi connectivity index (χ4v) is 1.97. The van der Waals surface area contributed by atoms with E-state index >= 15 is 0 Å². The van der Waals surface area contributed by atoms with Gasteiger partial charge in [-0.05, 0) is 24.3 Å². The molecule has 0 aliphatic rings. The number of nitrogens with zero attached hydrogens (tertiary/aromatic N) is 2. The van der Waals surface area contributed by atoms with Crippen molar-refractivity contribution >= 4 is 34.9 Å². The molecule has 0 spiro atoms. The van der Waals surface area contributed by atoms with Crippen LogP contribution in [0.3, 0.4) is 0 Å². The molecule has 0 aliphatic carbocycles. The Bertz CT molecular complexity index is 703. The van der Waals surface area contributed by atoms with Crippen LogP contribution in [-0.2, 0) is 12.7 Å². The molecule has 5 nitrogen and oxygen atoms in total. The number of rotatable bonds is 4. The van der Waals surface area contributed by atoms with E-state index in [9.17, 15) is 18.0 Å². The van der Waals surface area contributed by atoms with Crippen LogP contribution >= 0.6 is 23.2 Å². The largest absolute Gasteiger partial charge is 0.435 e. The number of hydrogen-bond donors (Lipinski definition) is 2. The van der Waals surface area contributed by atoms with Gasteiger partial charge in [-0.25, -0.2) is 4.79 Å². The summed E-state index contributed by atoms with van der Waals surface area (Å²) in [5.74, 6) is 0. The average Bonchev–Trinajstić information content (AvgIpc) is 2.92. The highest BCUT2D eigenvalue weighted by Gasteiger charge is 2.33. The molecule has 10 heteroatoms. The Morgan fingerprint density at radius 2 is 1.96 bits per heavy atom. The Kier molecular flexibility index (Phi) is 5.38. The van der Waals surface area contributed by atoms with Crippen molar-refractivity contribution in [3.05, 3.63) is 46.2 Å². The highest BCUT2D eigenvalue weighted by molar-refractivity contribution is 6.42. The van der Waals surface area contributed by atoms with Gasteiger partial charge < -0.3 is 10.6 Å². The molecule has 0 saturated carbocycles. The second kappa shape index (κ2) is 7.10. The maximum Gasteiger partial charge on any atom is 0.435 e. The Hall–Kier alpha value is -1.93. The Balaban J connectivity index is 1.80. The van der Waals surface area contributed by atoms with Crippen LogP contribution in [0.5, 0.6) is 0 Å². The zero-order valence-electron chi connectivity index (χ0n) is 11.5. The minimum atomic E-state index is -4.48. The molecule has 1 heterocycles. The predicted molar refractivity (Wildman–Crippen MR) is 80.7 cm³/mol. The number of carbonyl (C=O) groups is 1. The molecule has 0 fully saturated rings. The number of nitrogens with one attached hydrogen (secondary N) is 2. The van der Waals surface area contributed by atoms with E-state index in [1.165, 1.54) is 18.3 Å². The molecular weight excluding hydrogens is 356 g/mol. The van der Waals surface area contributed by atoms with Crippen LogP contribution in [0.15, 0.2) is 30.5 Å². The quantitative estimate of drug-likeness (QED) is 0.857. The maximum absolute atomic E-state index is 12.4. The van der Waals surface area contributed by atoms with Crippen molar-refractivity contribution in [3.63, 3.8) is 0 Å². The first-order chi connectivity index (χ1) is 10.8. The van der Waals surface area contributed by atoms with Gasteiger partial charge in [-0.3, -0.25) is 4.68 Å². The predicted octanol–water partition coefficient (Wildman–Crippen LogP) is 4.03. The highest BCUT2D eigenvalue weighted by Crippen LogP contribution is 2.27. The van der Waals surface area contributed by atoms with Crippen LogP contribution in [-0.4, -0.2) is 22.4 Å². The van der Waals surface area contributed by atoms with E-state index in [1.807, 2.05) is 0 Å². The number of anilines is 1. The van der Waals surface area contributed by atoms with Crippen molar-refractivity contribution in [3.8, 4) is 0 Å². The van der Waals surface area contributed by atoms with Crippen LogP contribution < -0.4 is 10.6 Å². The minimum Gasteiger partial charge on any atom is -0.336 e. The lowest BCUT2D eigenvalue weighted by atomic mass is 10.3. The molecule has 0 unspecified atom stereocenters. The standard InChI is InChI=1S/C13H11Cl2F3N4O/c14-9-2-1-8(7-10(9)15)20-12(23)19-4-6-22-5-3-11(21-22)13(16,17)18/h1-3,5,7H,4,6H2,(H2,19,20,23). The SMILES string of the molecule is O=C(NCCn1ccc(C(F)(F)F)n1)Nc1ccc(Cl)c(Cl)c1. The average molecular weight is 367 g/mol. The van der Waals surface area contributed by atoms with Crippen LogP contribution in [0.2, 0.25) is 10.0 Å². The third kappa shape index (κ3) is 5.04. The van der Waals surface area contributed by atoms with Crippen molar-refractivity contribution in [1.82, 2.24) is 15.1 Å². The Morgan fingerprint density at radius 1 is 1.22 bits per heavy atom. The molecule has 2 aromatic rings. The van der Waals surface area contributed by atoms with E-state index in [4.69, 9.17) is 23.2 Å². The summed E-state index contributed by atoms with van der Waals surface area (Å²) in [5, 5.41) is 9.04. The lowest BCUT2D eigenvalue weighted by molar-refractivity contribution is -0.141. The van der Waals surface area contributed by atoms with Crippen LogP contribution in [0, 0.1) is 0 Å². The molecule has 1 aromatic heterocycles. The maximum atomic E-state index is 12.4. The second-order valence-electron chi connectivity index (χ2n) is 4.47. The zero-order valence-corrected chi connectivity index (χ0v) is 13.0. The summed E-state index contributed by atoms with van der Waals surface area (Å²) >= 11 is 11.6. The third-order valence-corrected chi connectivity index (χ3v) is 3.47. The zero-order chi connectivity index (χ0) is 17.0. The van der Waals surface area contributed by atoms with Crippen molar-refractivity contribution < 1.29 is 18.0 Å². The molecule has 124 valence electrons. The summed E-state index contributed by atoms with van der Waals surface area (Å²) in [6.07, 6.45) is -3.29. The van der Waals surface area contributed by atoms with Crippen molar-refractivity contribution in [2.75, 3.05) is 11.9 Å². The van der Waals surface area contributed by atoms with Gasteiger partial charge in [0.25, 0.3) is 0 Å². The Morgan fingerprint density at radius 3 is 2.57 bits per heavy atom. The molecule has 23 heavy (non-hydrogen) atoms. The summed E-state index contributed by atoms with van der Waals surface area (Å²) in [4.78, 5) is 11.7. The monoisotopic (exact) mass is 366 g/mol. The molecule has 0 saturated heterocycles. The number of amides is 2. The molecule has 0 atom stereocenters. The number of alkyl halides is 3. The summed E-state index contributed by atoms with van der Waals surface area (Å²) in [6, 6.07) is 4.92. The first-order valence-corrected chi connectivity index (χ1v) is 7.12. The number of benzene rings is 1. The van der Waals surface area contributed by atoms with E-state index in [2.05, 4.69) is 15.7 Å². The van der Waals surface area contributed by atoms with Gasteiger partial charge in [0, 0.05) is 18.4 Å². The summed E-state index contributed by atoms with van der Waals surface area (Å²) in [6.45, 7) is 0.205. The fraction of sp³-hybridized carbons (Fsp3) is 0.231. The van der Waals surface area contributed by atoms with Gasteiger partial charge in [-0.15, -0.1) is 0 Å². The number of aromatic nitrogens is 2. The van der Waals surface area contributed by atoms with E-state index in [-0.39, 0.29) is 13.1 Å². The van der Waals surface area contributed by atoms with Crippen molar-refractivity contribution in [2.24, 2.45) is 0 Å². The molecule has 0 aliphatic heterocycles. The van der Waals surface area contributed by atoms with Gasteiger partial charge in [-0.1, -0.05) is 23.2 Å². The van der Waals surface area contributed by atoms with Gasteiger partial charge in [0.15, 0.2) is 5.69 Å². The van der Waals surface area contributed by atoms with E-state index < -0.39 is 17.9 Å². The van der Waals surface area contributed by atoms with E-state index in [1.54, 1.807) is 6.07 Å². The van der Waals surface area contributed by atoms with Gasteiger partial charge in [0.2, 0.25) is 0 Å². The molecule has 1 aromatic carbocycles. The first-order valence-electron chi connectivity index (χ1n) is 6.36. The summed E-state index contributed by atoms with van der Waals surface area (Å²) < 4.78 is 38.2. The summed E-state index contributed by atoms with van der Waals surface area (Å²) in [5.41, 5.74) is -0.534. The van der Waals surface area contributed by atoms with Gasteiger partial charge in [0.1, 0.15) is 0 Å². The molecule has 2 N–H and O–H groups in total. The van der Waals surface area contributed by atoms with Crippen LogP contribution in [0.4, 0.5) is 23.7 Å². The fourth-order valence-electron chi connectivity index (χ4n) is 1.67. The lowest BCUT2D eigenvalue weighted by Crippen LogP contribution is -2.31. The molecule has 0 radical (unpaired) electrons. The number of halogens is 5. The van der Waals surface area contributed by atoms with E-state index in [0.717, 1.165) is 10.7 Å². The Labute approximate surface area is 139 Å². The normalized spacial score (nSPS) is 11.3. The first kappa shape index (κ1) is 17.4. The minimum absolute atomic E-state index is 0.102. The second-order valence-corrected chi connectivity index (χ2v) is 5.29. The van der Waals surface area contributed by atoms with Crippen molar-refractivity contribution in [2.45, 2.75) is 12.7 Å². The van der Waals surface area contributed by atoms with Gasteiger partial charge >= 0.3 is 12.2 Å². The van der Waals surface area contributed by atoms with Gasteiger partial charge in [0.05, 0.1) is 16.6 Å². The topological polar surface area (TPSA) is 59.0 Å².